The maximum Gasteiger partial charge on any atom is 0.325 e. The lowest BCUT2D eigenvalue weighted by Gasteiger charge is -2.23. The molecule has 28 heavy (non-hydrogen) atoms. The van der Waals surface area contributed by atoms with Gasteiger partial charge in [0.25, 0.3) is 5.91 Å². The van der Waals surface area contributed by atoms with E-state index in [1.54, 1.807) is 44.4 Å². The van der Waals surface area contributed by atoms with Gasteiger partial charge in [0.2, 0.25) is 0 Å². The number of nitrogens with zero attached hydrogens (tertiary/aromatic N) is 1. The molecule has 2 atom stereocenters. The van der Waals surface area contributed by atoms with Crippen molar-refractivity contribution in [2.45, 2.75) is 25.5 Å². The molecular formula is C21H24N2O5. The summed E-state index contributed by atoms with van der Waals surface area (Å²) >= 11 is 0. The summed E-state index contributed by atoms with van der Waals surface area (Å²) in [5, 5.41) is 13.0. The van der Waals surface area contributed by atoms with Crippen LogP contribution in [0.25, 0.3) is 0 Å². The Morgan fingerprint density at radius 2 is 1.82 bits per heavy atom. The highest BCUT2D eigenvalue weighted by Gasteiger charge is 2.49. The number of para-hydroxylation sites is 1. The Morgan fingerprint density at radius 1 is 1.14 bits per heavy atom. The number of hydrogen-bond donors (Lipinski definition) is 2. The van der Waals surface area contributed by atoms with Crippen molar-refractivity contribution in [1.82, 2.24) is 10.2 Å². The van der Waals surface area contributed by atoms with E-state index in [0.717, 1.165) is 10.5 Å². The number of hydrogen-bond acceptors (Lipinski definition) is 5. The van der Waals surface area contributed by atoms with E-state index < -0.39 is 23.6 Å². The number of ether oxygens (including phenoxy) is 2. The summed E-state index contributed by atoms with van der Waals surface area (Å²) in [6.07, 6.45) is -1.01. The Bertz CT molecular complexity index is 867. The Kier molecular flexibility index (Phi) is 5.56. The number of β-amino-alcohol motifs (C(OH)–C–C–N with tert-alkyl or cyclic N) is 1. The van der Waals surface area contributed by atoms with Crippen molar-refractivity contribution in [3.05, 3.63) is 59.7 Å². The lowest BCUT2D eigenvalue weighted by Crippen LogP contribution is -2.42. The number of aliphatic hydroxyl groups is 1. The van der Waals surface area contributed by atoms with Crippen LogP contribution in [0.15, 0.2) is 48.5 Å². The molecule has 2 aromatic rings. The molecule has 2 aromatic carbocycles. The van der Waals surface area contributed by atoms with Crippen LogP contribution in [-0.2, 0) is 10.3 Å². The van der Waals surface area contributed by atoms with Crippen molar-refractivity contribution in [3.63, 3.8) is 0 Å². The monoisotopic (exact) mass is 384 g/mol. The molecule has 1 saturated heterocycles. The van der Waals surface area contributed by atoms with Crippen molar-refractivity contribution >= 4 is 11.9 Å². The van der Waals surface area contributed by atoms with Gasteiger partial charge >= 0.3 is 6.03 Å². The number of aryl methyl sites for hydroxylation is 1. The van der Waals surface area contributed by atoms with Gasteiger partial charge < -0.3 is 19.9 Å². The molecule has 1 aliphatic heterocycles. The van der Waals surface area contributed by atoms with Gasteiger partial charge in [-0.3, -0.25) is 9.69 Å². The predicted molar refractivity (Wildman–Crippen MR) is 103 cm³/mol. The van der Waals surface area contributed by atoms with E-state index in [4.69, 9.17) is 9.47 Å². The van der Waals surface area contributed by atoms with Crippen molar-refractivity contribution in [2.24, 2.45) is 0 Å². The molecule has 0 unspecified atom stereocenters. The van der Waals surface area contributed by atoms with E-state index in [-0.39, 0.29) is 13.2 Å². The van der Waals surface area contributed by atoms with Gasteiger partial charge in [0.05, 0.1) is 13.7 Å². The molecule has 0 aliphatic carbocycles. The summed E-state index contributed by atoms with van der Waals surface area (Å²) in [7, 11) is 1.56. The lowest BCUT2D eigenvalue weighted by atomic mass is 9.92. The number of urea groups is 1. The Labute approximate surface area is 163 Å². The number of amides is 3. The Hall–Kier alpha value is -3.06. The maximum atomic E-state index is 12.9. The quantitative estimate of drug-likeness (QED) is 0.715. The number of rotatable bonds is 7. The summed E-state index contributed by atoms with van der Waals surface area (Å²) in [4.78, 5) is 26.3. The van der Waals surface area contributed by atoms with E-state index in [1.165, 1.54) is 0 Å². The van der Waals surface area contributed by atoms with Crippen molar-refractivity contribution < 1.29 is 24.2 Å². The molecule has 7 nitrogen and oxygen atoms in total. The van der Waals surface area contributed by atoms with E-state index >= 15 is 0 Å². The minimum absolute atomic E-state index is 0.0266. The lowest BCUT2D eigenvalue weighted by molar-refractivity contribution is -0.132. The largest absolute Gasteiger partial charge is 0.497 e. The normalized spacial score (nSPS) is 20.1. The molecule has 1 heterocycles. The van der Waals surface area contributed by atoms with Crippen LogP contribution in [0.1, 0.15) is 18.1 Å². The summed E-state index contributed by atoms with van der Waals surface area (Å²) in [6.45, 7) is 3.37. The van der Waals surface area contributed by atoms with Gasteiger partial charge in [-0.15, -0.1) is 0 Å². The predicted octanol–water partition coefficient (Wildman–Crippen LogP) is 2.21. The summed E-state index contributed by atoms with van der Waals surface area (Å²) in [5.41, 5.74) is 0.386. The van der Waals surface area contributed by atoms with E-state index in [1.807, 2.05) is 25.1 Å². The zero-order valence-electron chi connectivity index (χ0n) is 16.1. The van der Waals surface area contributed by atoms with Crippen LogP contribution >= 0.6 is 0 Å². The second kappa shape index (κ2) is 7.90. The molecule has 1 fully saturated rings. The molecule has 148 valence electrons. The van der Waals surface area contributed by atoms with Crippen LogP contribution in [-0.4, -0.2) is 48.3 Å². The SMILES string of the molecule is COc1ccc([C@@]2(C)NC(=O)N(C[C@@H](O)COc3ccccc3C)C2=O)cc1. The molecule has 1 aliphatic rings. The first-order valence-electron chi connectivity index (χ1n) is 9.00. The number of benzene rings is 2. The second-order valence-corrected chi connectivity index (χ2v) is 6.93. The van der Waals surface area contributed by atoms with E-state index in [2.05, 4.69) is 5.32 Å². The first-order chi connectivity index (χ1) is 13.3. The smallest absolute Gasteiger partial charge is 0.325 e. The minimum Gasteiger partial charge on any atom is -0.497 e. The van der Waals surface area contributed by atoms with Crippen LogP contribution in [0.2, 0.25) is 0 Å². The van der Waals surface area contributed by atoms with Crippen LogP contribution < -0.4 is 14.8 Å². The van der Waals surface area contributed by atoms with Crippen LogP contribution in [0.4, 0.5) is 4.79 Å². The van der Waals surface area contributed by atoms with Gasteiger partial charge in [-0.1, -0.05) is 30.3 Å². The average Bonchev–Trinajstić information content (AvgIpc) is 2.91. The maximum absolute atomic E-state index is 12.9. The number of imide groups is 1. The number of carbonyl (C=O) groups excluding carboxylic acids is 2. The molecule has 0 spiro atoms. The van der Waals surface area contributed by atoms with Gasteiger partial charge in [-0.05, 0) is 43.2 Å². The second-order valence-electron chi connectivity index (χ2n) is 6.93. The van der Waals surface area contributed by atoms with Gasteiger partial charge in [0.15, 0.2) is 0 Å². The Morgan fingerprint density at radius 3 is 2.46 bits per heavy atom. The third kappa shape index (κ3) is 3.80. The molecule has 3 amide bonds. The molecule has 2 N–H and O–H groups in total. The third-order valence-electron chi connectivity index (χ3n) is 4.86. The van der Waals surface area contributed by atoms with Crippen LogP contribution in [0, 0.1) is 6.92 Å². The van der Waals surface area contributed by atoms with Crippen molar-refractivity contribution in [1.29, 1.82) is 0 Å². The van der Waals surface area contributed by atoms with Gasteiger partial charge in [0.1, 0.15) is 29.7 Å². The van der Waals surface area contributed by atoms with E-state index in [9.17, 15) is 14.7 Å². The molecule has 7 heteroatoms. The standard InChI is InChI=1S/C21H24N2O5/c1-14-6-4-5-7-18(14)28-13-16(24)12-23-19(25)21(2,22-20(23)26)15-8-10-17(27-3)11-9-15/h4-11,16,24H,12-13H2,1-3H3,(H,22,26)/t16-,21-/m1/s1. The Balaban J connectivity index is 1.66. The molecule has 0 aromatic heterocycles. The molecule has 0 radical (unpaired) electrons. The van der Waals surface area contributed by atoms with Crippen LogP contribution in [0.3, 0.4) is 0 Å². The zero-order chi connectivity index (χ0) is 20.3. The van der Waals surface area contributed by atoms with Crippen molar-refractivity contribution in [2.75, 3.05) is 20.3 Å². The number of nitrogens with one attached hydrogen (secondary N) is 1. The fourth-order valence-electron chi connectivity index (χ4n) is 3.15. The first-order valence-corrected chi connectivity index (χ1v) is 9.00. The third-order valence-corrected chi connectivity index (χ3v) is 4.86. The highest BCUT2D eigenvalue weighted by atomic mass is 16.5. The topological polar surface area (TPSA) is 88.1 Å². The number of carbonyl (C=O) groups is 2. The molecule has 3 rings (SSSR count). The van der Waals surface area contributed by atoms with E-state index in [0.29, 0.717) is 17.1 Å². The molecule has 0 saturated carbocycles. The van der Waals surface area contributed by atoms with Gasteiger partial charge in [-0.2, -0.15) is 0 Å². The number of methoxy groups -OCH3 is 1. The fourth-order valence-corrected chi connectivity index (χ4v) is 3.15. The highest BCUT2D eigenvalue weighted by molar-refractivity contribution is 6.07. The molecular weight excluding hydrogens is 360 g/mol. The average molecular weight is 384 g/mol. The summed E-state index contributed by atoms with van der Waals surface area (Å²) < 4.78 is 10.7. The zero-order valence-corrected chi connectivity index (χ0v) is 16.1. The fraction of sp³-hybridized carbons (Fsp3) is 0.333. The summed E-state index contributed by atoms with van der Waals surface area (Å²) in [6, 6.07) is 13.8. The van der Waals surface area contributed by atoms with Crippen molar-refractivity contribution in [3.8, 4) is 11.5 Å². The van der Waals surface area contributed by atoms with Gasteiger partial charge in [-0.25, -0.2) is 4.79 Å². The van der Waals surface area contributed by atoms with Gasteiger partial charge in [0, 0.05) is 0 Å². The first kappa shape index (κ1) is 19.7. The minimum atomic E-state index is -1.19. The van der Waals surface area contributed by atoms with Crippen LogP contribution in [0.5, 0.6) is 11.5 Å². The highest BCUT2D eigenvalue weighted by Crippen LogP contribution is 2.30. The number of aliphatic hydroxyl groups excluding tert-OH is 1. The molecule has 0 bridgehead atoms. The summed E-state index contributed by atoms with van der Waals surface area (Å²) in [5.74, 6) is 0.893.